The number of benzene rings is 2. The molecule has 1 heterocycles. The molecule has 6 nitrogen and oxygen atoms in total. The van der Waals surface area contributed by atoms with Crippen LogP contribution in [0, 0.1) is 10.1 Å². The first-order chi connectivity index (χ1) is 12.5. The molecule has 2 aromatic carbocycles. The second-order valence-corrected chi connectivity index (χ2v) is 6.72. The SMILES string of the molecule is COc1cc2c(cc1OC)[C@@H](C)[C@H](c1ccc([N+](=O)[O-])cc1)N(C)CC2. The van der Waals surface area contributed by atoms with Crippen molar-refractivity contribution in [3.05, 3.63) is 63.2 Å². The number of nitrogens with zero attached hydrogens (tertiary/aromatic N) is 2. The lowest BCUT2D eigenvalue weighted by Crippen LogP contribution is -2.28. The topological polar surface area (TPSA) is 64.8 Å². The minimum absolute atomic E-state index is 0.115. The van der Waals surface area contributed by atoms with Crippen molar-refractivity contribution in [1.82, 2.24) is 4.90 Å². The van der Waals surface area contributed by atoms with Crippen molar-refractivity contribution >= 4 is 5.69 Å². The number of hydrogen-bond acceptors (Lipinski definition) is 5. The smallest absolute Gasteiger partial charge is 0.269 e. The van der Waals surface area contributed by atoms with Crippen molar-refractivity contribution < 1.29 is 14.4 Å². The van der Waals surface area contributed by atoms with Crippen molar-refractivity contribution in [1.29, 1.82) is 0 Å². The largest absolute Gasteiger partial charge is 0.493 e. The van der Waals surface area contributed by atoms with Crippen molar-refractivity contribution in [3.8, 4) is 11.5 Å². The van der Waals surface area contributed by atoms with Gasteiger partial charge in [0.1, 0.15) is 0 Å². The van der Waals surface area contributed by atoms with Gasteiger partial charge in [0.25, 0.3) is 5.69 Å². The van der Waals surface area contributed by atoms with Crippen LogP contribution in [0.2, 0.25) is 0 Å². The van der Waals surface area contributed by atoms with E-state index in [1.165, 1.54) is 11.1 Å². The average Bonchev–Trinajstić information content (AvgIpc) is 2.77. The van der Waals surface area contributed by atoms with E-state index in [2.05, 4.69) is 31.0 Å². The summed E-state index contributed by atoms with van der Waals surface area (Å²) >= 11 is 0. The van der Waals surface area contributed by atoms with E-state index < -0.39 is 0 Å². The Hall–Kier alpha value is -2.60. The fraction of sp³-hybridized carbons (Fsp3) is 0.400. The third-order valence-corrected chi connectivity index (χ3v) is 5.26. The molecule has 0 unspecified atom stereocenters. The zero-order chi connectivity index (χ0) is 18.8. The monoisotopic (exact) mass is 356 g/mol. The molecule has 0 bridgehead atoms. The van der Waals surface area contributed by atoms with E-state index in [1.807, 2.05) is 12.1 Å². The lowest BCUT2D eigenvalue weighted by Gasteiger charge is -2.31. The standard InChI is InChI=1S/C20H24N2O4/c1-13-17-12-19(26-4)18(25-3)11-15(17)9-10-21(2)20(13)14-5-7-16(8-6-14)22(23)24/h5-8,11-13,20H,9-10H2,1-4H3/t13-,20-/m1/s1. The highest BCUT2D eigenvalue weighted by atomic mass is 16.6. The van der Waals surface area contributed by atoms with Crippen LogP contribution in [0.4, 0.5) is 5.69 Å². The molecule has 0 aromatic heterocycles. The first-order valence-corrected chi connectivity index (χ1v) is 8.65. The zero-order valence-electron chi connectivity index (χ0n) is 15.6. The maximum Gasteiger partial charge on any atom is 0.269 e. The number of non-ortho nitro benzene ring substituents is 1. The van der Waals surface area contributed by atoms with Crippen LogP contribution in [0.5, 0.6) is 11.5 Å². The molecule has 0 saturated heterocycles. The molecule has 0 radical (unpaired) electrons. The maximum absolute atomic E-state index is 10.9. The quantitative estimate of drug-likeness (QED) is 0.613. The summed E-state index contributed by atoms with van der Waals surface area (Å²) in [6, 6.07) is 11.2. The number of likely N-dealkylation sites (N-methyl/N-ethyl adjacent to an activating group) is 1. The molecule has 3 rings (SSSR count). The van der Waals surface area contributed by atoms with Gasteiger partial charge in [0.15, 0.2) is 11.5 Å². The normalized spacial score (nSPS) is 20.2. The number of ether oxygens (including phenoxy) is 2. The molecule has 1 aliphatic heterocycles. The van der Waals surface area contributed by atoms with E-state index in [0.29, 0.717) is 0 Å². The van der Waals surface area contributed by atoms with E-state index in [1.54, 1.807) is 26.4 Å². The van der Waals surface area contributed by atoms with Crippen LogP contribution in [-0.2, 0) is 6.42 Å². The molecule has 0 aliphatic carbocycles. The van der Waals surface area contributed by atoms with Crippen LogP contribution >= 0.6 is 0 Å². The van der Waals surface area contributed by atoms with Gasteiger partial charge in [-0.05, 0) is 42.3 Å². The second kappa shape index (κ2) is 7.33. The van der Waals surface area contributed by atoms with Gasteiger partial charge in [0, 0.05) is 30.6 Å². The van der Waals surface area contributed by atoms with Gasteiger partial charge in [-0.3, -0.25) is 15.0 Å². The molecule has 6 heteroatoms. The van der Waals surface area contributed by atoms with Crippen LogP contribution in [0.1, 0.15) is 35.6 Å². The minimum atomic E-state index is -0.365. The van der Waals surface area contributed by atoms with E-state index in [-0.39, 0.29) is 22.6 Å². The van der Waals surface area contributed by atoms with Gasteiger partial charge in [0.2, 0.25) is 0 Å². The number of rotatable bonds is 4. The van der Waals surface area contributed by atoms with Crippen molar-refractivity contribution in [2.75, 3.05) is 27.8 Å². The Bertz CT molecular complexity index is 804. The van der Waals surface area contributed by atoms with Crippen molar-refractivity contribution in [3.63, 3.8) is 0 Å². The minimum Gasteiger partial charge on any atom is -0.493 e. The zero-order valence-corrected chi connectivity index (χ0v) is 15.6. The highest BCUT2D eigenvalue weighted by Gasteiger charge is 2.30. The molecule has 2 aromatic rings. The van der Waals surface area contributed by atoms with Gasteiger partial charge < -0.3 is 9.47 Å². The number of methoxy groups -OCH3 is 2. The molecule has 1 aliphatic rings. The molecular weight excluding hydrogens is 332 g/mol. The first-order valence-electron chi connectivity index (χ1n) is 8.65. The highest BCUT2D eigenvalue weighted by Crippen LogP contribution is 2.43. The predicted octanol–water partition coefficient (Wildman–Crippen LogP) is 3.94. The van der Waals surface area contributed by atoms with Crippen LogP contribution < -0.4 is 9.47 Å². The maximum atomic E-state index is 10.9. The number of nitro benzene ring substituents is 1. The van der Waals surface area contributed by atoms with E-state index in [4.69, 9.17) is 9.47 Å². The van der Waals surface area contributed by atoms with Crippen molar-refractivity contribution in [2.24, 2.45) is 0 Å². The molecule has 0 fully saturated rings. The van der Waals surface area contributed by atoms with E-state index >= 15 is 0 Å². The Kier molecular flexibility index (Phi) is 5.13. The molecule has 0 saturated carbocycles. The molecule has 0 N–H and O–H groups in total. The summed E-state index contributed by atoms with van der Waals surface area (Å²) in [5, 5.41) is 10.9. The number of hydrogen-bond donors (Lipinski definition) is 0. The Labute approximate surface area is 153 Å². The van der Waals surface area contributed by atoms with E-state index in [9.17, 15) is 10.1 Å². The average molecular weight is 356 g/mol. The van der Waals surface area contributed by atoms with Crippen LogP contribution in [-0.4, -0.2) is 37.6 Å². The molecule has 26 heavy (non-hydrogen) atoms. The summed E-state index contributed by atoms with van der Waals surface area (Å²) in [4.78, 5) is 12.9. The summed E-state index contributed by atoms with van der Waals surface area (Å²) < 4.78 is 10.9. The third-order valence-electron chi connectivity index (χ3n) is 5.26. The van der Waals surface area contributed by atoms with E-state index in [0.717, 1.165) is 30.0 Å². The highest BCUT2D eigenvalue weighted by molar-refractivity contribution is 5.50. The molecule has 2 atom stereocenters. The summed E-state index contributed by atoms with van der Waals surface area (Å²) in [7, 11) is 5.39. The van der Waals surface area contributed by atoms with Gasteiger partial charge in [-0.25, -0.2) is 0 Å². The third kappa shape index (κ3) is 3.24. The lowest BCUT2D eigenvalue weighted by molar-refractivity contribution is -0.384. The fourth-order valence-corrected chi connectivity index (χ4v) is 3.90. The van der Waals surface area contributed by atoms with Crippen molar-refractivity contribution in [2.45, 2.75) is 25.3 Å². The Morgan fingerprint density at radius 1 is 1.12 bits per heavy atom. The van der Waals surface area contributed by atoms with Crippen LogP contribution in [0.3, 0.4) is 0 Å². The fourth-order valence-electron chi connectivity index (χ4n) is 3.90. The summed E-state index contributed by atoms with van der Waals surface area (Å²) in [6.45, 7) is 3.09. The molecule has 0 amide bonds. The van der Waals surface area contributed by atoms with Gasteiger partial charge in [-0.1, -0.05) is 19.1 Å². The van der Waals surface area contributed by atoms with Gasteiger partial charge >= 0.3 is 0 Å². The van der Waals surface area contributed by atoms with Crippen LogP contribution in [0.25, 0.3) is 0 Å². The summed E-state index contributed by atoms with van der Waals surface area (Å²) in [5.74, 6) is 1.68. The van der Waals surface area contributed by atoms with Gasteiger partial charge in [0.05, 0.1) is 19.1 Å². The second-order valence-electron chi connectivity index (χ2n) is 6.72. The molecule has 138 valence electrons. The Morgan fingerprint density at radius 2 is 1.73 bits per heavy atom. The summed E-state index contributed by atoms with van der Waals surface area (Å²) in [6.07, 6.45) is 0.917. The lowest BCUT2D eigenvalue weighted by atomic mass is 9.86. The molecule has 0 spiro atoms. The Balaban J connectivity index is 2.03. The molecular formula is C20H24N2O4. The Morgan fingerprint density at radius 3 is 2.31 bits per heavy atom. The predicted molar refractivity (Wildman–Crippen MR) is 100 cm³/mol. The van der Waals surface area contributed by atoms with Gasteiger partial charge in [-0.2, -0.15) is 0 Å². The van der Waals surface area contributed by atoms with Crippen LogP contribution in [0.15, 0.2) is 36.4 Å². The number of fused-ring (bicyclic) bond motifs is 1. The number of nitro groups is 1. The summed E-state index contributed by atoms with van der Waals surface area (Å²) in [5.41, 5.74) is 3.68. The van der Waals surface area contributed by atoms with Gasteiger partial charge in [-0.15, -0.1) is 0 Å². The first kappa shape index (κ1) is 18.2.